The van der Waals surface area contributed by atoms with E-state index in [1.807, 2.05) is 11.8 Å². The van der Waals surface area contributed by atoms with Crippen molar-refractivity contribution in [2.45, 2.75) is 31.1 Å². The van der Waals surface area contributed by atoms with E-state index in [1.165, 1.54) is 0 Å². The molecule has 2 N–H and O–H groups in total. The third kappa shape index (κ3) is 1.36. The predicted molar refractivity (Wildman–Crippen MR) is 51.4 cm³/mol. The van der Waals surface area contributed by atoms with Crippen molar-refractivity contribution in [2.75, 3.05) is 5.75 Å². The molecule has 0 radical (unpaired) electrons. The van der Waals surface area contributed by atoms with Crippen LogP contribution in [0.15, 0.2) is 4.52 Å². The highest BCUT2D eigenvalue weighted by atomic mass is 32.2. The van der Waals surface area contributed by atoms with Gasteiger partial charge in [-0.25, -0.2) is 0 Å². The van der Waals surface area contributed by atoms with Crippen LogP contribution in [0.4, 0.5) is 0 Å². The summed E-state index contributed by atoms with van der Waals surface area (Å²) in [5.74, 6) is 2.32. The topological polar surface area (TPSA) is 64.9 Å². The van der Waals surface area contributed by atoms with Crippen molar-refractivity contribution in [2.24, 2.45) is 5.73 Å². The van der Waals surface area contributed by atoms with Gasteiger partial charge in [-0.3, -0.25) is 0 Å². The summed E-state index contributed by atoms with van der Waals surface area (Å²) in [4.78, 5) is 4.20. The van der Waals surface area contributed by atoms with Gasteiger partial charge in [0.2, 0.25) is 5.89 Å². The number of hydrogen-bond acceptors (Lipinski definition) is 5. The second-order valence-electron chi connectivity index (χ2n) is 3.44. The van der Waals surface area contributed by atoms with Crippen molar-refractivity contribution in [3.8, 4) is 0 Å². The number of nitrogens with zero attached hydrogens (tertiary/aromatic N) is 2. The molecule has 0 saturated carbocycles. The fourth-order valence-electron chi connectivity index (χ4n) is 1.54. The molecule has 0 bridgehead atoms. The Morgan fingerprint density at radius 3 is 2.92 bits per heavy atom. The van der Waals surface area contributed by atoms with Gasteiger partial charge in [-0.05, 0) is 12.2 Å². The Balaban J connectivity index is 2.33. The Morgan fingerprint density at radius 2 is 2.46 bits per heavy atom. The molecule has 4 nitrogen and oxygen atoms in total. The first-order valence-electron chi connectivity index (χ1n) is 4.34. The molecule has 1 aromatic heterocycles. The lowest BCUT2D eigenvalue weighted by atomic mass is 9.93. The summed E-state index contributed by atoms with van der Waals surface area (Å²) in [6.45, 7) is 3.90. The van der Waals surface area contributed by atoms with Gasteiger partial charge in [-0.2, -0.15) is 16.7 Å². The highest BCUT2D eigenvalue weighted by molar-refractivity contribution is 8.00. The van der Waals surface area contributed by atoms with E-state index in [4.69, 9.17) is 10.3 Å². The van der Waals surface area contributed by atoms with Crippen molar-refractivity contribution in [3.05, 3.63) is 11.7 Å². The van der Waals surface area contributed by atoms with Crippen LogP contribution in [0.1, 0.15) is 25.1 Å². The second kappa shape index (κ2) is 2.99. The highest BCUT2D eigenvalue weighted by Gasteiger charge is 2.42. The molecule has 0 aromatic carbocycles. The van der Waals surface area contributed by atoms with E-state index in [1.54, 1.807) is 6.92 Å². The van der Waals surface area contributed by atoms with Gasteiger partial charge < -0.3 is 10.3 Å². The Morgan fingerprint density at radius 1 is 1.69 bits per heavy atom. The number of nitrogens with two attached hydrogens (primary N) is 1. The predicted octanol–water partition coefficient (Wildman–Crippen LogP) is 1.06. The lowest BCUT2D eigenvalue weighted by molar-refractivity contribution is 0.353. The Labute approximate surface area is 81.3 Å². The summed E-state index contributed by atoms with van der Waals surface area (Å²) in [5, 5.41) is 4.26. The minimum atomic E-state index is -0.386. The van der Waals surface area contributed by atoms with Crippen molar-refractivity contribution in [1.29, 1.82) is 0 Å². The van der Waals surface area contributed by atoms with E-state index in [0.717, 1.165) is 12.2 Å². The lowest BCUT2D eigenvalue weighted by Crippen LogP contribution is -2.42. The van der Waals surface area contributed by atoms with Crippen molar-refractivity contribution < 1.29 is 4.52 Å². The summed E-state index contributed by atoms with van der Waals surface area (Å²) in [7, 11) is 0. The van der Waals surface area contributed by atoms with E-state index in [9.17, 15) is 0 Å². The molecular formula is C8H13N3OS. The largest absolute Gasteiger partial charge is 0.340 e. The van der Waals surface area contributed by atoms with Gasteiger partial charge in [-0.15, -0.1) is 0 Å². The highest BCUT2D eigenvalue weighted by Crippen LogP contribution is 2.39. The molecule has 72 valence electrons. The fourth-order valence-corrected chi connectivity index (χ4v) is 2.87. The third-order valence-corrected chi connectivity index (χ3v) is 3.91. The van der Waals surface area contributed by atoms with E-state index < -0.39 is 0 Å². The van der Waals surface area contributed by atoms with Crippen LogP contribution in [0.5, 0.6) is 0 Å². The SMILES string of the molecule is Cc1nc(C2(N)CCSC2C)no1. The summed E-state index contributed by atoms with van der Waals surface area (Å²) in [6, 6.07) is 0. The summed E-state index contributed by atoms with van der Waals surface area (Å²) >= 11 is 1.86. The van der Waals surface area contributed by atoms with Gasteiger partial charge in [0.1, 0.15) is 0 Å². The molecule has 1 aromatic rings. The van der Waals surface area contributed by atoms with Crippen LogP contribution in [0, 0.1) is 6.92 Å². The van der Waals surface area contributed by atoms with Crippen LogP contribution in [0.2, 0.25) is 0 Å². The average molecular weight is 199 g/mol. The van der Waals surface area contributed by atoms with Crippen LogP contribution < -0.4 is 5.73 Å². The summed E-state index contributed by atoms with van der Waals surface area (Å²) in [6.07, 6.45) is 0.928. The molecule has 0 aliphatic carbocycles. The molecule has 2 unspecified atom stereocenters. The van der Waals surface area contributed by atoms with Crippen LogP contribution in [0.25, 0.3) is 0 Å². The van der Waals surface area contributed by atoms with Gasteiger partial charge in [0.05, 0.1) is 5.54 Å². The number of thioether (sulfide) groups is 1. The van der Waals surface area contributed by atoms with Crippen molar-refractivity contribution >= 4 is 11.8 Å². The first kappa shape index (κ1) is 9.02. The number of rotatable bonds is 1. The third-order valence-electron chi connectivity index (χ3n) is 2.55. The Bertz CT molecular complexity index is 314. The van der Waals surface area contributed by atoms with E-state index in [2.05, 4.69) is 17.1 Å². The normalized spacial score (nSPS) is 33.9. The van der Waals surface area contributed by atoms with Crippen LogP contribution in [-0.2, 0) is 5.54 Å². The van der Waals surface area contributed by atoms with Crippen LogP contribution >= 0.6 is 11.8 Å². The minimum absolute atomic E-state index is 0.365. The first-order valence-corrected chi connectivity index (χ1v) is 5.39. The van der Waals surface area contributed by atoms with E-state index >= 15 is 0 Å². The molecular weight excluding hydrogens is 186 g/mol. The monoisotopic (exact) mass is 199 g/mol. The van der Waals surface area contributed by atoms with Gasteiger partial charge in [0.15, 0.2) is 5.82 Å². The number of aryl methyl sites for hydroxylation is 1. The van der Waals surface area contributed by atoms with Crippen LogP contribution in [-0.4, -0.2) is 21.1 Å². The first-order chi connectivity index (χ1) is 6.13. The van der Waals surface area contributed by atoms with Gasteiger partial charge in [0, 0.05) is 12.2 Å². The van der Waals surface area contributed by atoms with Gasteiger partial charge >= 0.3 is 0 Å². The van der Waals surface area contributed by atoms with Crippen molar-refractivity contribution in [3.63, 3.8) is 0 Å². The molecule has 1 saturated heterocycles. The molecule has 1 fully saturated rings. The minimum Gasteiger partial charge on any atom is -0.340 e. The quantitative estimate of drug-likeness (QED) is 0.732. The Hall–Kier alpha value is -0.550. The zero-order valence-corrected chi connectivity index (χ0v) is 8.60. The molecule has 0 amide bonds. The lowest BCUT2D eigenvalue weighted by Gasteiger charge is -2.23. The number of aromatic nitrogens is 2. The maximum absolute atomic E-state index is 6.23. The molecule has 2 rings (SSSR count). The van der Waals surface area contributed by atoms with E-state index in [-0.39, 0.29) is 5.54 Å². The second-order valence-corrected chi connectivity index (χ2v) is 4.89. The Kier molecular flexibility index (Phi) is 2.08. The molecule has 1 aliphatic heterocycles. The molecule has 2 atom stereocenters. The van der Waals surface area contributed by atoms with E-state index in [0.29, 0.717) is 17.0 Å². The molecule has 5 heteroatoms. The maximum Gasteiger partial charge on any atom is 0.223 e. The summed E-state index contributed by atoms with van der Waals surface area (Å²) < 4.78 is 4.94. The van der Waals surface area contributed by atoms with Crippen molar-refractivity contribution in [1.82, 2.24) is 10.1 Å². The molecule has 1 aliphatic rings. The maximum atomic E-state index is 6.23. The molecule has 2 heterocycles. The fraction of sp³-hybridized carbons (Fsp3) is 0.750. The molecule has 0 spiro atoms. The summed E-state index contributed by atoms with van der Waals surface area (Å²) in [5.41, 5.74) is 5.84. The number of hydrogen-bond donors (Lipinski definition) is 1. The zero-order chi connectivity index (χ0) is 9.47. The average Bonchev–Trinajstić information content (AvgIpc) is 2.62. The standard InChI is InChI=1S/C8H13N3OS/c1-5-8(9,3-4-13-5)7-10-6(2)12-11-7/h5H,3-4,9H2,1-2H3. The zero-order valence-electron chi connectivity index (χ0n) is 7.78. The molecule has 13 heavy (non-hydrogen) atoms. The van der Waals surface area contributed by atoms with Gasteiger partial charge in [-0.1, -0.05) is 12.1 Å². The smallest absolute Gasteiger partial charge is 0.223 e. The van der Waals surface area contributed by atoms with Crippen LogP contribution in [0.3, 0.4) is 0 Å². The van der Waals surface area contributed by atoms with Gasteiger partial charge in [0.25, 0.3) is 0 Å².